The van der Waals surface area contributed by atoms with E-state index in [1.165, 1.54) is 16.9 Å². The highest BCUT2D eigenvalue weighted by Crippen LogP contribution is 2.35. The smallest absolute Gasteiger partial charge is 0.262 e. The third kappa shape index (κ3) is 2.51. The Labute approximate surface area is 139 Å². The largest absolute Gasteiger partial charge is 0.292 e. The summed E-state index contributed by atoms with van der Waals surface area (Å²) in [5, 5.41) is 0.874. The van der Waals surface area contributed by atoms with Crippen LogP contribution in [0.4, 0.5) is 0 Å². The first-order valence-electron chi connectivity index (χ1n) is 8.19. The van der Waals surface area contributed by atoms with Crippen molar-refractivity contribution in [3.8, 4) is 0 Å². The van der Waals surface area contributed by atoms with Crippen molar-refractivity contribution in [3.63, 3.8) is 0 Å². The lowest BCUT2D eigenvalue weighted by Gasteiger charge is -2.17. The Bertz CT molecular complexity index is 924. The maximum atomic E-state index is 13.1. The van der Waals surface area contributed by atoms with Gasteiger partial charge in [-0.2, -0.15) is 0 Å². The van der Waals surface area contributed by atoms with Crippen LogP contribution in [-0.2, 0) is 19.4 Å². The number of aromatic nitrogens is 2. The van der Waals surface area contributed by atoms with E-state index in [0.717, 1.165) is 34.4 Å². The molecule has 4 heteroatoms. The molecule has 0 amide bonds. The average Bonchev–Trinajstić information content (AvgIpc) is 2.89. The van der Waals surface area contributed by atoms with Gasteiger partial charge in [0.1, 0.15) is 10.7 Å². The molecule has 1 aliphatic carbocycles. The quantitative estimate of drug-likeness (QED) is 0.715. The molecule has 0 radical (unpaired) electrons. The summed E-state index contributed by atoms with van der Waals surface area (Å²) in [5.41, 5.74) is 2.53. The van der Waals surface area contributed by atoms with Crippen LogP contribution in [-0.4, -0.2) is 9.55 Å². The van der Waals surface area contributed by atoms with Gasteiger partial charge in [-0.15, -0.1) is 11.3 Å². The lowest BCUT2D eigenvalue weighted by Crippen LogP contribution is -2.25. The fourth-order valence-corrected chi connectivity index (χ4v) is 4.90. The maximum Gasteiger partial charge on any atom is 0.262 e. The SMILES string of the molecule is Cc1nc2sc3c(c2c(=O)n1Cc1ccccc1)CCC(C)C3. The minimum Gasteiger partial charge on any atom is -0.292 e. The normalized spacial score (nSPS) is 17.4. The second kappa shape index (κ2) is 5.60. The van der Waals surface area contributed by atoms with Crippen LogP contribution < -0.4 is 5.56 Å². The molecule has 4 rings (SSSR count). The fraction of sp³-hybridized carbons (Fsp3) is 0.368. The van der Waals surface area contributed by atoms with Crippen molar-refractivity contribution < 1.29 is 0 Å². The van der Waals surface area contributed by atoms with E-state index in [1.54, 1.807) is 11.3 Å². The van der Waals surface area contributed by atoms with Crippen molar-refractivity contribution in [1.82, 2.24) is 9.55 Å². The maximum absolute atomic E-state index is 13.1. The minimum absolute atomic E-state index is 0.128. The van der Waals surface area contributed by atoms with Crippen molar-refractivity contribution in [1.29, 1.82) is 0 Å². The highest BCUT2D eigenvalue weighted by molar-refractivity contribution is 7.18. The Hall–Kier alpha value is -1.94. The zero-order valence-electron chi connectivity index (χ0n) is 13.5. The Morgan fingerprint density at radius 3 is 2.87 bits per heavy atom. The Kier molecular flexibility index (Phi) is 3.57. The molecule has 1 unspecified atom stereocenters. The van der Waals surface area contributed by atoms with E-state index in [1.807, 2.05) is 29.7 Å². The van der Waals surface area contributed by atoms with Crippen molar-refractivity contribution in [2.75, 3.05) is 0 Å². The van der Waals surface area contributed by atoms with Gasteiger partial charge in [0.15, 0.2) is 0 Å². The van der Waals surface area contributed by atoms with Crippen LogP contribution in [0.1, 0.15) is 35.2 Å². The third-order valence-electron chi connectivity index (χ3n) is 4.79. The van der Waals surface area contributed by atoms with Crippen molar-refractivity contribution in [2.45, 2.75) is 39.7 Å². The number of hydrogen-bond donors (Lipinski definition) is 0. The molecule has 0 spiro atoms. The predicted molar refractivity (Wildman–Crippen MR) is 95.4 cm³/mol. The molecular weight excluding hydrogens is 304 g/mol. The first kappa shape index (κ1) is 14.6. The molecule has 0 fully saturated rings. The third-order valence-corrected chi connectivity index (χ3v) is 5.94. The second-order valence-electron chi connectivity index (χ2n) is 6.57. The summed E-state index contributed by atoms with van der Waals surface area (Å²) in [6.45, 7) is 4.82. The van der Waals surface area contributed by atoms with E-state index in [9.17, 15) is 4.79 Å². The molecule has 2 heterocycles. The first-order valence-corrected chi connectivity index (χ1v) is 9.00. The van der Waals surface area contributed by atoms with Crippen molar-refractivity contribution in [2.24, 2.45) is 5.92 Å². The number of nitrogens with zero attached hydrogens (tertiary/aromatic N) is 2. The van der Waals surface area contributed by atoms with E-state index in [4.69, 9.17) is 4.98 Å². The Morgan fingerprint density at radius 1 is 1.30 bits per heavy atom. The van der Waals surface area contributed by atoms with Crippen molar-refractivity contribution >= 4 is 21.6 Å². The molecule has 118 valence electrons. The summed E-state index contributed by atoms with van der Waals surface area (Å²) in [6.07, 6.45) is 3.28. The molecule has 0 N–H and O–H groups in total. The van der Waals surface area contributed by atoms with Crippen LogP contribution in [0, 0.1) is 12.8 Å². The molecular formula is C19H20N2OS. The van der Waals surface area contributed by atoms with Gasteiger partial charge in [-0.05, 0) is 43.2 Å². The van der Waals surface area contributed by atoms with Crippen LogP contribution in [0.25, 0.3) is 10.2 Å². The molecule has 0 bridgehead atoms. The zero-order valence-corrected chi connectivity index (χ0v) is 14.3. The topological polar surface area (TPSA) is 34.9 Å². The minimum atomic E-state index is 0.128. The van der Waals surface area contributed by atoms with Crippen LogP contribution in [0.15, 0.2) is 35.1 Å². The van der Waals surface area contributed by atoms with Gasteiger partial charge >= 0.3 is 0 Å². The molecule has 2 aromatic heterocycles. The van der Waals surface area contributed by atoms with E-state index >= 15 is 0 Å². The Morgan fingerprint density at radius 2 is 2.09 bits per heavy atom. The van der Waals surface area contributed by atoms with Gasteiger partial charge in [-0.3, -0.25) is 9.36 Å². The van der Waals surface area contributed by atoms with Gasteiger partial charge in [0, 0.05) is 4.88 Å². The number of hydrogen-bond acceptors (Lipinski definition) is 3. The lowest BCUT2D eigenvalue weighted by molar-refractivity contribution is 0.509. The van der Waals surface area contributed by atoms with E-state index in [-0.39, 0.29) is 5.56 Å². The standard InChI is InChI=1S/C19H20N2OS/c1-12-8-9-15-16(10-12)23-18-17(15)19(22)21(13(2)20-18)11-14-6-4-3-5-7-14/h3-7,12H,8-11H2,1-2H3. The molecule has 0 aliphatic heterocycles. The molecule has 0 saturated carbocycles. The summed E-state index contributed by atoms with van der Waals surface area (Å²) in [4.78, 5) is 20.1. The number of aryl methyl sites for hydroxylation is 2. The van der Waals surface area contributed by atoms with Crippen LogP contribution in [0.3, 0.4) is 0 Å². The monoisotopic (exact) mass is 324 g/mol. The summed E-state index contributed by atoms with van der Waals surface area (Å²) >= 11 is 1.72. The Balaban J connectivity index is 1.88. The number of thiophene rings is 1. The highest BCUT2D eigenvalue weighted by Gasteiger charge is 2.23. The van der Waals surface area contributed by atoms with Gasteiger partial charge in [0.05, 0.1) is 11.9 Å². The molecule has 3 aromatic rings. The lowest BCUT2D eigenvalue weighted by atomic mass is 9.89. The zero-order chi connectivity index (χ0) is 16.0. The molecule has 23 heavy (non-hydrogen) atoms. The fourth-order valence-electron chi connectivity index (χ4n) is 3.48. The summed E-state index contributed by atoms with van der Waals surface area (Å²) < 4.78 is 1.82. The molecule has 1 atom stereocenters. The van der Waals surface area contributed by atoms with Crippen LogP contribution in [0.2, 0.25) is 0 Å². The van der Waals surface area contributed by atoms with Gasteiger partial charge < -0.3 is 0 Å². The second-order valence-corrected chi connectivity index (χ2v) is 7.65. The molecule has 1 aromatic carbocycles. The predicted octanol–water partition coefficient (Wildman–Crippen LogP) is 3.94. The number of rotatable bonds is 2. The average molecular weight is 324 g/mol. The summed E-state index contributed by atoms with van der Waals surface area (Å²) in [6, 6.07) is 10.1. The summed E-state index contributed by atoms with van der Waals surface area (Å²) in [5.74, 6) is 1.52. The summed E-state index contributed by atoms with van der Waals surface area (Å²) in [7, 11) is 0. The molecule has 3 nitrogen and oxygen atoms in total. The van der Waals surface area contributed by atoms with Gasteiger partial charge in [0.2, 0.25) is 0 Å². The van der Waals surface area contributed by atoms with Gasteiger partial charge in [-0.1, -0.05) is 37.3 Å². The molecule has 0 saturated heterocycles. The van der Waals surface area contributed by atoms with E-state index in [0.29, 0.717) is 12.5 Å². The van der Waals surface area contributed by atoms with Gasteiger partial charge in [-0.25, -0.2) is 4.98 Å². The number of fused-ring (bicyclic) bond motifs is 3. The van der Waals surface area contributed by atoms with Crippen LogP contribution >= 0.6 is 11.3 Å². The molecule has 1 aliphatic rings. The highest BCUT2D eigenvalue weighted by atomic mass is 32.1. The van der Waals surface area contributed by atoms with Gasteiger partial charge in [0.25, 0.3) is 5.56 Å². The van der Waals surface area contributed by atoms with E-state index in [2.05, 4.69) is 19.1 Å². The number of benzene rings is 1. The first-order chi connectivity index (χ1) is 11.1. The van der Waals surface area contributed by atoms with Crippen molar-refractivity contribution in [3.05, 3.63) is 62.5 Å². The van der Waals surface area contributed by atoms with Crippen LogP contribution in [0.5, 0.6) is 0 Å². The van der Waals surface area contributed by atoms with E-state index < -0.39 is 0 Å².